The summed E-state index contributed by atoms with van der Waals surface area (Å²) in [5.74, 6) is 1.13. The summed E-state index contributed by atoms with van der Waals surface area (Å²) in [5, 5.41) is 2.81. The number of anilines is 1. The third-order valence-electron chi connectivity index (χ3n) is 3.75. The van der Waals surface area contributed by atoms with Gasteiger partial charge in [-0.1, -0.05) is 0 Å². The first-order valence-corrected chi connectivity index (χ1v) is 9.39. The van der Waals surface area contributed by atoms with Crippen molar-refractivity contribution in [1.29, 1.82) is 0 Å². The number of benzene rings is 2. The van der Waals surface area contributed by atoms with Crippen molar-refractivity contribution in [2.75, 3.05) is 39.7 Å². The number of amides is 2. The summed E-state index contributed by atoms with van der Waals surface area (Å²) in [7, 11) is 4.85. The molecule has 0 saturated heterocycles. The van der Waals surface area contributed by atoms with Crippen LogP contribution in [-0.4, -0.2) is 51.1 Å². The van der Waals surface area contributed by atoms with Crippen LogP contribution in [0.25, 0.3) is 0 Å². The smallest absolute Gasteiger partial charge is 0.259 e. The van der Waals surface area contributed by atoms with Crippen molar-refractivity contribution in [1.82, 2.24) is 4.90 Å². The Labute approximate surface area is 172 Å². The number of hydrogen-bond acceptors (Lipinski definition) is 5. The molecular weight excluding hydrogens is 428 g/mol. The van der Waals surface area contributed by atoms with E-state index in [4.69, 9.17) is 14.2 Å². The molecule has 0 spiro atoms. The molecule has 0 fully saturated rings. The van der Waals surface area contributed by atoms with Crippen LogP contribution < -0.4 is 19.5 Å². The molecule has 0 unspecified atom stereocenters. The summed E-state index contributed by atoms with van der Waals surface area (Å²) in [6.07, 6.45) is 0. The Morgan fingerprint density at radius 1 is 1.11 bits per heavy atom. The Kier molecular flexibility index (Phi) is 7.69. The van der Waals surface area contributed by atoms with Gasteiger partial charge in [0.25, 0.3) is 11.8 Å². The summed E-state index contributed by atoms with van der Waals surface area (Å²) < 4.78 is 16.9. The SMILES string of the molecule is CCOc1c(Br)cc(C(=O)Nc2ccc(OCC(=O)N(C)C)cc2)cc1OC. The second kappa shape index (κ2) is 9.98. The molecule has 0 atom stereocenters. The van der Waals surface area contributed by atoms with E-state index >= 15 is 0 Å². The predicted molar refractivity (Wildman–Crippen MR) is 110 cm³/mol. The lowest BCUT2D eigenvalue weighted by molar-refractivity contribution is -0.130. The number of carbonyl (C=O) groups excluding carboxylic acids is 2. The van der Waals surface area contributed by atoms with Gasteiger partial charge in [-0.3, -0.25) is 9.59 Å². The summed E-state index contributed by atoms with van der Waals surface area (Å²) >= 11 is 3.41. The zero-order valence-electron chi connectivity index (χ0n) is 16.2. The summed E-state index contributed by atoms with van der Waals surface area (Å²) in [5.41, 5.74) is 1.02. The second-order valence-electron chi connectivity index (χ2n) is 5.98. The number of nitrogens with one attached hydrogen (secondary N) is 1. The van der Waals surface area contributed by atoms with E-state index in [1.54, 1.807) is 50.5 Å². The maximum absolute atomic E-state index is 12.6. The van der Waals surface area contributed by atoms with Crippen molar-refractivity contribution in [2.45, 2.75) is 6.92 Å². The number of halogens is 1. The van der Waals surface area contributed by atoms with E-state index in [2.05, 4.69) is 21.2 Å². The molecular formula is C20H23BrN2O5. The average Bonchev–Trinajstić information content (AvgIpc) is 2.68. The molecule has 8 heteroatoms. The number of rotatable bonds is 8. The molecule has 2 aromatic carbocycles. The van der Waals surface area contributed by atoms with Gasteiger partial charge in [-0.25, -0.2) is 0 Å². The minimum absolute atomic E-state index is 0.0429. The molecule has 0 bridgehead atoms. The topological polar surface area (TPSA) is 77.1 Å². The van der Waals surface area contributed by atoms with Crippen LogP contribution >= 0.6 is 15.9 Å². The Morgan fingerprint density at radius 2 is 1.79 bits per heavy atom. The second-order valence-corrected chi connectivity index (χ2v) is 6.83. The van der Waals surface area contributed by atoms with Gasteiger partial charge in [0.15, 0.2) is 18.1 Å². The van der Waals surface area contributed by atoms with Crippen LogP contribution in [0, 0.1) is 0 Å². The first-order valence-electron chi connectivity index (χ1n) is 8.60. The van der Waals surface area contributed by atoms with Crippen LogP contribution in [0.3, 0.4) is 0 Å². The van der Waals surface area contributed by atoms with E-state index in [0.717, 1.165) is 0 Å². The molecule has 0 aliphatic heterocycles. The molecule has 0 saturated carbocycles. The lowest BCUT2D eigenvalue weighted by atomic mass is 10.1. The zero-order valence-corrected chi connectivity index (χ0v) is 17.8. The first kappa shape index (κ1) is 21.6. The molecule has 1 N–H and O–H groups in total. The van der Waals surface area contributed by atoms with Gasteiger partial charge in [0.1, 0.15) is 5.75 Å². The van der Waals surface area contributed by atoms with Gasteiger partial charge >= 0.3 is 0 Å². The maximum Gasteiger partial charge on any atom is 0.259 e. The molecule has 0 aromatic heterocycles. The number of carbonyl (C=O) groups is 2. The van der Waals surface area contributed by atoms with Gasteiger partial charge in [-0.2, -0.15) is 0 Å². The highest BCUT2D eigenvalue weighted by molar-refractivity contribution is 9.10. The lowest BCUT2D eigenvalue weighted by Crippen LogP contribution is -2.27. The van der Waals surface area contributed by atoms with Crippen molar-refractivity contribution >= 4 is 33.4 Å². The van der Waals surface area contributed by atoms with E-state index in [1.807, 2.05) is 6.92 Å². The fourth-order valence-corrected chi connectivity index (χ4v) is 2.80. The van der Waals surface area contributed by atoms with E-state index < -0.39 is 0 Å². The highest BCUT2D eigenvalue weighted by Crippen LogP contribution is 2.36. The van der Waals surface area contributed by atoms with Crippen LogP contribution in [-0.2, 0) is 4.79 Å². The third-order valence-corrected chi connectivity index (χ3v) is 4.34. The molecule has 2 amide bonds. The normalized spacial score (nSPS) is 10.2. The fraction of sp³-hybridized carbons (Fsp3) is 0.300. The van der Waals surface area contributed by atoms with Gasteiger partial charge < -0.3 is 24.4 Å². The molecule has 2 rings (SSSR count). The van der Waals surface area contributed by atoms with Gasteiger partial charge in [0.05, 0.1) is 18.2 Å². The number of methoxy groups -OCH3 is 1. The number of nitrogens with zero attached hydrogens (tertiary/aromatic N) is 1. The minimum atomic E-state index is -0.293. The quantitative estimate of drug-likeness (QED) is 0.664. The first-order chi connectivity index (χ1) is 13.3. The van der Waals surface area contributed by atoms with E-state index in [1.165, 1.54) is 12.0 Å². The van der Waals surface area contributed by atoms with Gasteiger partial charge in [-0.05, 0) is 59.3 Å². The highest BCUT2D eigenvalue weighted by atomic mass is 79.9. The Bertz CT molecular complexity index is 837. The van der Waals surface area contributed by atoms with Gasteiger partial charge in [-0.15, -0.1) is 0 Å². The molecule has 28 heavy (non-hydrogen) atoms. The van der Waals surface area contributed by atoms with Crippen LogP contribution in [0.2, 0.25) is 0 Å². The Hall–Kier alpha value is -2.74. The molecule has 0 radical (unpaired) electrons. The van der Waals surface area contributed by atoms with Crippen molar-refractivity contribution in [3.63, 3.8) is 0 Å². The minimum Gasteiger partial charge on any atom is -0.493 e. The van der Waals surface area contributed by atoms with Crippen molar-refractivity contribution < 1.29 is 23.8 Å². The van der Waals surface area contributed by atoms with Crippen LogP contribution in [0.15, 0.2) is 40.9 Å². The largest absolute Gasteiger partial charge is 0.493 e. The van der Waals surface area contributed by atoms with Crippen molar-refractivity contribution in [3.05, 3.63) is 46.4 Å². The van der Waals surface area contributed by atoms with E-state index in [0.29, 0.717) is 39.6 Å². The highest BCUT2D eigenvalue weighted by Gasteiger charge is 2.15. The van der Waals surface area contributed by atoms with Crippen molar-refractivity contribution in [2.24, 2.45) is 0 Å². The zero-order chi connectivity index (χ0) is 20.7. The Morgan fingerprint density at radius 3 is 2.36 bits per heavy atom. The molecule has 7 nitrogen and oxygen atoms in total. The van der Waals surface area contributed by atoms with Crippen LogP contribution in [0.1, 0.15) is 17.3 Å². The summed E-state index contributed by atoms with van der Waals surface area (Å²) in [6, 6.07) is 10.1. The monoisotopic (exact) mass is 450 g/mol. The van der Waals surface area contributed by atoms with Gasteiger partial charge in [0, 0.05) is 25.3 Å². The molecule has 2 aromatic rings. The van der Waals surface area contributed by atoms with Crippen molar-refractivity contribution in [3.8, 4) is 17.2 Å². The number of ether oxygens (including phenoxy) is 3. The Balaban J connectivity index is 2.06. The van der Waals surface area contributed by atoms with E-state index in [-0.39, 0.29) is 18.4 Å². The molecule has 0 heterocycles. The fourth-order valence-electron chi connectivity index (χ4n) is 2.25. The number of likely N-dealkylation sites (N-methyl/N-ethyl adjacent to an activating group) is 1. The molecule has 0 aliphatic rings. The van der Waals surface area contributed by atoms with Crippen LogP contribution in [0.5, 0.6) is 17.2 Å². The number of hydrogen-bond donors (Lipinski definition) is 1. The molecule has 150 valence electrons. The summed E-state index contributed by atoms with van der Waals surface area (Å²) in [6.45, 7) is 2.31. The maximum atomic E-state index is 12.6. The predicted octanol–water partition coefficient (Wildman–Crippen LogP) is 3.58. The molecule has 0 aliphatic carbocycles. The van der Waals surface area contributed by atoms with Gasteiger partial charge in [0.2, 0.25) is 0 Å². The lowest BCUT2D eigenvalue weighted by Gasteiger charge is -2.14. The standard InChI is InChI=1S/C20H23BrN2O5/c1-5-27-19-16(21)10-13(11-17(19)26-4)20(25)22-14-6-8-15(9-7-14)28-12-18(24)23(2)3/h6-11H,5,12H2,1-4H3,(H,22,25). The van der Waals surface area contributed by atoms with Crippen LogP contribution in [0.4, 0.5) is 5.69 Å². The summed E-state index contributed by atoms with van der Waals surface area (Å²) in [4.78, 5) is 25.6. The average molecular weight is 451 g/mol. The van der Waals surface area contributed by atoms with E-state index in [9.17, 15) is 9.59 Å². The third kappa shape index (κ3) is 5.63.